The summed E-state index contributed by atoms with van der Waals surface area (Å²) in [7, 11) is 1.59. The first-order valence-corrected chi connectivity index (χ1v) is 13.6. The molecule has 0 saturated heterocycles. The van der Waals surface area contributed by atoms with E-state index in [-0.39, 0.29) is 49.2 Å². The van der Waals surface area contributed by atoms with Gasteiger partial charge in [-0.1, -0.05) is 50.5 Å². The van der Waals surface area contributed by atoms with Gasteiger partial charge in [0.2, 0.25) is 11.8 Å². The Morgan fingerprint density at radius 3 is 2.34 bits per heavy atom. The number of nitrogens with one attached hydrogen (secondary N) is 1. The predicted octanol–water partition coefficient (Wildman–Crippen LogP) is 4.33. The second-order valence-electron chi connectivity index (χ2n) is 10.1. The van der Waals surface area contributed by atoms with E-state index in [4.69, 9.17) is 4.74 Å². The van der Waals surface area contributed by atoms with E-state index in [2.05, 4.69) is 5.32 Å². The average molecular weight is 520 g/mol. The van der Waals surface area contributed by atoms with Gasteiger partial charge in [0.1, 0.15) is 11.8 Å². The molecule has 1 fully saturated rings. The summed E-state index contributed by atoms with van der Waals surface area (Å²) in [6.07, 6.45) is 6.24. The molecule has 202 valence electrons. The van der Waals surface area contributed by atoms with Crippen molar-refractivity contribution in [2.24, 2.45) is 0 Å². The highest BCUT2D eigenvalue weighted by molar-refractivity contribution is 6.21. The molecule has 4 amide bonds. The van der Waals surface area contributed by atoms with Crippen molar-refractivity contribution in [2.45, 2.75) is 76.9 Å². The molecule has 0 aromatic heterocycles. The third-order valence-corrected chi connectivity index (χ3v) is 7.48. The molecule has 8 heteroatoms. The normalized spacial score (nSPS) is 16.2. The fourth-order valence-electron chi connectivity index (χ4n) is 5.41. The van der Waals surface area contributed by atoms with Crippen molar-refractivity contribution in [2.75, 3.05) is 13.7 Å². The number of nitrogens with zero attached hydrogens (tertiary/aromatic N) is 2. The second-order valence-corrected chi connectivity index (χ2v) is 10.1. The Balaban J connectivity index is 1.45. The molecule has 1 unspecified atom stereocenters. The number of carbonyl (C=O) groups is 4. The summed E-state index contributed by atoms with van der Waals surface area (Å²) < 4.78 is 5.35. The molecule has 38 heavy (non-hydrogen) atoms. The molecule has 0 bridgehead atoms. The van der Waals surface area contributed by atoms with Gasteiger partial charge in [-0.25, -0.2) is 0 Å². The molecule has 1 heterocycles. The molecular weight excluding hydrogens is 482 g/mol. The fourth-order valence-corrected chi connectivity index (χ4v) is 5.41. The Morgan fingerprint density at radius 2 is 1.71 bits per heavy atom. The van der Waals surface area contributed by atoms with Gasteiger partial charge in [-0.05, 0) is 55.5 Å². The molecule has 2 aromatic carbocycles. The van der Waals surface area contributed by atoms with Crippen LogP contribution in [0, 0.1) is 0 Å². The van der Waals surface area contributed by atoms with E-state index in [1.165, 1.54) is 11.3 Å². The van der Waals surface area contributed by atoms with Crippen molar-refractivity contribution in [3.05, 3.63) is 65.2 Å². The molecule has 8 nitrogen and oxygen atoms in total. The highest BCUT2D eigenvalue weighted by Crippen LogP contribution is 2.24. The highest BCUT2D eigenvalue weighted by Gasteiger charge is 2.35. The molecule has 1 saturated carbocycles. The van der Waals surface area contributed by atoms with E-state index < -0.39 is 6.04 Å². The summed E-state index contributed by atoms with van der Waals surface area (Å²) in [6, 6.07) is 13.8. The van der Waals surface area contributed by atoms with E-state index >= 15 is 0 Å². The lowest BCUT2D eigenvalue weighted by atomic mass is 9.95. The molecule has 0 radical (unpaired) electrons. The Morgan fingerprint density at radius 1 is 1.03 bits per heavy atom. The molecule has 2 aromatic rings. The first kappa shape index (κ1) is 27.4. The lowest BCUT2D eigenvalue weighted by Gasteiger charge is -2.33. The van der Waals surface area contributed by atoms with Crippen LogP contribution < -0.4 is 10.1 Å². The molecule has 2 aliphatic rings. The van der Waals surface area contributed by atoms with Crippen LogP contribution in [0.1, 0.15) is 84.6 Å². The maximum Gasteiger partial charge on any atom is 0.261 e. The molecule has 1 aliphatic carbocycles. The number of fused-ring (bicyclic) bond motifs is 1. The zero-order valence-corrected chi connectivity index (χ0v) is 22.3. The van der Waals surface area contributed by atoms with Crippen LogP contribution in [0.3, 0.4) is 0 Å². The van der Waals surface area contributed by atoms with Gasteiger partial charge in [0.05, 0.1) is 18.2 Å². The standard InChI is InChI=1S/C30H37N3O5/c1-3-26(28(35)31-22-12-5-4-6-13-22)33(20-21-11-9-14-23(19-21)38-2)27(34)17-10-18-32-29(36)24-15-7-8-16-25(24)30(32)37/h7-9,11,14-16,19,22,26H,3-6,10,12-13,17-18,20H2,1-2H3,(H,31,35). The number of amides is 4. The van der Waals surface area contributed by atoms with Crippen molar-refractivity contribution >= 4 is 23.6 Å². The average Bonchev–Trinajstić information content (AvgIpc) is 3.18. The third kappa shape index (κ3) is 6.23. The van der Waals surface area contributed by atoms with E-state index in [0.717, 1.165) is 31.2 Å². The minimum Gasteiger partial charge on any atom is -0.497 e. The number of carbonyl (C=O) groups excluding carboxylic acids is 4. The third-order valence-electron chi connectivity index (χ3n) is 7.48. The predicted molar refractivity (Wildman–Crippen MR) is 144 cm³/mol. The van der Waals surface area contributed by atoms with Crippen LogP contribution in [0.15, 0.2) is 48.5 Å². The van der Waals surface area contributed by atoms with Crippen LogP contribution in [0.5, 0.6) is 5.75 Å². The highest BCUT2D eigenvalue weighted by atomic mass is 16.5. The Hall–Kier alpha value is -3.68. The first-order chi connectivity index (χ1) is 18.4. The van der Waals surface area contributed by atoms with Crippen LogP contribution in [0.2, 0.25) is 0 Å². The van der Waals surface area contributed by atoms with Crippen molar-refractivity contribution < 1.29 is 23.9 Å². The van der Waals surface area contributed by atoms with Gasteiger partial charge in [0.25, 0.3) is 11.8 Å². The van der Waals surface area contributed by atoms with Crippen LogP contribution in [0.4, 0.5) is 0 Å². The maximum atomic E-state index is 13.6. The topological polar surface area (TPSA) is 96.0 Å². The molecule has 1 N–H and O–H groups in total. The summed E-state index contributed by atoms with van der Waals surface area (Å²) in [5.41, 5.74) is 1.66. The van der Waals surface area contributed by atoms with Gasteiger partial charge in [0, 0.05) is 25.6 Å². The smallest absolute Gasteiger partial charge is 0.261 e. The zero-order chi connectivity index (χ0) is 27.1. The molecule has 1 aliphatic heterocycles. The van der Waals surface area contributed by atoms with Gasteiger partial charge >= 0.3 is 0 Å². The summed E-state index contributed by atoms with van der Waals surface area (Å²) in [6.45, 7) is 2.32. The number of rotatable bonds is 11. The lowest BCUT2D eigenvalue weighted by molar-refractivity contribution is -0.142. The Labute approximate surface area is 224 Å². The van der Waals surface area contributed by atoms with E-state index in [9.17, 15) is 19.2 Å². The van der Waals surface area contributed by atoms with Crippen molar-refractivity contribution in [1.29, 1.82) is 0 Å². The van der Waals surface area contributed by atoms with Crippen LogP contribution in [0.25, 0.3) is 0 Å². The number of ether oxygens (including phenoxy) is 1. The zero-order valence-electron chi connectivity index (χ0n) is 22.3. The van der Waals surface area contributed by atoms with Gasteiger partial charge < -0.3 is 15.0 Å². The van der Waals surface area contributed by atoms with Crippen LogP contribution in [-0.4, -0.2) is 59.2 Å². The summed E-state index contributed by atoms with van der Waals surface area (Å²) in [4.78, 5) is 55.2. The van der Waals surface area contributed by atoms with Gasteiger partial charge in [-0.2, -0.15) is 0 Å². The summed E-state index contributed by atoms with van der Waals surface area (Å²) >= 11 is 0. The van der Waals surface area contributed by atoms with Gasteiger partial charge in [-0.3, -0.25) is 24.1 Å². The monoisotopic (exact) mass is 519 g/mol. The largest absolute Gasteiger partial charge is 0.497 e. The Bertz CT molecular complexity index is 1140. The molecular formula is C30H37N3O5. The number of hydrogen-bond donors (Lipinski definition) is 1. The molecule has 0 spiro atoms. The quantitative estimate of drug-likeness (QED) is 0.446. The van der Waals surface area contributed by atoms with Gasteiger partial charge in [-0.15, -0.1) is 0 Å². The SMILES string of the molecule is CCC(C(=O)NC1CCCCC1)N(Cc1cccc(OC)c1)C(=O)CCCN1C(=O)c2ccccc2C1=O. The van der Waals surface area contributed by atoms with E-state index in [1.54, 1.807) is 36.3 Å². The summed E-state index contributed by atoms with van der Waals surface area (Å²) in [5.74, 6) is -0.291. The van der Waals surface area contributed by atoms with Crippen LogP contribution >= 0.6 is 0 Å². The maximum absolute atomic E-state index is 13.6. The van der Waals surface area contributed by atoms with Crippen molar-refractivity contribution in [3.63, 3.8) is 0 Å². The Kier molecular flexibility index (Phi) is 9.15. The van der Waals surface area contributed by atoms with Crippen molar-refractivity contribution in [3.8, 4) is 5.75 Å². The minimum absolute atomic E-state index is 0.116. The first-order valence-electron chi connectivity index (χ1n) is 13.6. The second kappa shape index (κ2) is 12.7. The lowest BCUT2D eigenvalue weighted by Crippen LogP contribution is -2.51. The van der Waals surface area contributed by atoms with Crippen LogP contribution in [-0.2, 0) is 16.1 Å². The number of methoxy groups -OCH3 is 1. The van der Waals surface area contributed by atoms with E-state index in [0.29, 0.717) is 29.7 Å². The number of hydrogen-bond acceptors (Lipinski definition) is 5. The van der Waals surface area contributed by atoms with E-state index in [1.807, 2.05) is 31.2 Å². The minimum atomic E-state index is -0.616. The number of imide groups is 1. The molecule has 4 rings (SSSR count). The van der Waals surface area contributed by atoms with Gasteiger partial charge in [0.15, 0.2) is 0 Å². The summed E-state index contributed by atoms with van der Waals surface area (Å²) in [5, 5.41) is 3.18. The van der Waals surface area contributed by atoms with Crippen molar-refractivity contribution in [1.82, 2.24) is 15.1 Å². The number of benzene rings is 2. The molecule has 1 atom stereocenters. The fraction of sp³-hybridized carbons (Fsp3) is 0.467.